The smallest absolute Gasteiger partial charge is 0.270 e. The molecule has 1 amide bonds. The molecule has 0 heterocycles. The van der Waals surface area contributed by atoms with Gasteiger partial charge in [-0.2, -0.15) is 5.26 Å². The molecule has 3 N–H and O–H groups in total. The van der Waals surface area contributed by atoms with Crippen LogP contribution in [0.3, 0.4) is 0 Å². The van der Waals surface area contributed by atoms with E-state index in [2.05, 4.69) is 5.32 Å². The van der Waals surface area contributed by atoms with Crippen molar-refractivity contribution in [2.75, 3.05) is 11.9 Å². The number of nitrogens with zero attached hydrogens (tertiary/aromatic N) is 2. The summed E-state index contributed by atoms with van der Waals surface area (Å²) in [6, 6.07) is 5.88. The van der Waals surface area contributed by atoms with Crippen molar-refractivity contribution in [2.45, 2.75) is 12.8 Å². The molecule has 0 bridgehead atoms. The van der Waals surface area contributed by atoms with Crippen molar-refractivity contribution in [1.29, 1.82) is 5.26 Å². The van der Waals surface area contributed by atoms with Crippen LogP contribution in [-0.2, 0) is 4.79 Å². The molecule has 0 aromatic heterocycles. The minimum atomic E-state index is -0.558. The summed E-state index contributed by atoms with van der Waals surface area (Å²) < 4.78 is 0. The number of nitrogens with two attached hydrogens (primary N) is 1. The first kappa shape index (κ1) is 13.4. The number of nitro benzene ring substituents is 1. The lowest BCUT2D eigenvalue weighted by Crippen LogP contribution is -2.13. The first-order chi connectivity index (χ1) is 8.54. The van der Waals surface area contributed by atoms with E-state index in [1.807, 2.05) is 6.07 Å². The molecule has 1 aromatic carbocycles. The van der Waals surface area contributed by atoms with Crippen molar-refractivity contribution in [3.63, 3.8) is 0 Å². The second-order valence-corrected chi connectivity index (χ2v) is 3.60. The molecule has 7 heteroatoms. The average molecular weight is 248 g/mol. The van der Waals surface area contributed by atoms with Crippen LogP contribution in [0.2, 0.25) is 0 Å². The Kier molecular flexibility index (Phi) is 4.63. The Labute approximate surface area is 103 Å². The average Bonchev–Trinajstić information content (AvgIpc) is 2.34. The van der Waals surface area contributed by atoms with Crippen LogP contribution in [0, 0.1) is 21.4 Å². The number of carbonyl (C=O) groups is 1. The topological polar surface area (TPSA) is 122 Å². The van der Waals surface area contributed by atoms with Gasteiger partial charge in [-0.05, 0) is 12.5 Å². The van der Waals surface area contributed by atoms with Gasteiger partial charge in [-0.25, -0.2) is 0 Å². The number of hydrogen-bond donors (Lipinski definition) is 2. The van der Waals surface area contributed by atoms with Crippen molar-refractivity contribution in [3.8, 4) is 6.07 Å². The molecule has 0 radical (unpaired) electrons. The van der Waals surface area contributed by atoms with Crippen molar-refractivity contribution in [1.82, 2.24) is 0 Å². The molecule has 0 aliphatic heterocycles. The minimum Gasteiger partial charge on any atom is -0.384 e. The lowest BCUT2D eigenvalue weighted by molar-refractivity contribution is -0.384. The van der Waals surface area contributed by atoms with E-state index in [9.17, 15) is 14.9 Å². The molecule has 0 atom stereocenters. The molecule has 0 aliphatic rings. The number of amides is 1. The molecule has 1 aromatic rings. The summed E-state index contributed by atoms with van der Waals surface area (Å²) in [6.07, 6.45) is 0.791. The minimum absolute atomic E-state index is 0.130. The number of benzene rings is 1. The fraction of sp³-hybridized carbons (Fsp3) is 0.273. The van der Waals surface area contributed by atoms with E-state index in [0.29, 0.717) is 18.7 Å². The third kappa shape index (κ3) is 3.75. The summed E-state index contributed by atoms with van der Waals surface area (Å²) >= 11 is 0. The zero-order valence-corrected chi connectivity index (χ0v) is 9.55. The van der Waals surface area contributed by atoms with Crippen LogP contribution >= 0.6 is 0 Å². The second-order valence-electron chi connectivity index (χ2n) is 3.60. The number of rotatable bonds is 6. The van der Waals surface area contributed by atoms with Crippen LogP contribution in [0.15, 0.2) is 18.2 Å². The normalized spacial score (nSPS) is 9.50. The summed E-state index contributed by atoms with van der Waals surface area (Å²) in [5.74, 6) is -0.388. The van der Waals surface area contributed by atoms with Crippen LogP contribution in [0.5, 0.6) is 0 Å². The van der Waals surface area contributed by atoms with E-state index in [0.717, 1.165) is 0 Å². The fourth-order valence-corrected chi connectivity index (χ4v) is 1.38. The number of nitrogens with one attached hydrogen (secondary N) is 1. The molecule has 0 unspecified atom stereocenters. The largest absolute Gasteiger partial charge is 0.384 e. The predicted molar refractivity (Wildman–Crippen MR) is 64.7 cm³/mol. The van der Waals surface area contributed by atoms with Crippen molar-refractivity contribution < 1.29 is 9.72 Å². The number of nitro groups is 1. The van der Waals surface area contributed by atoms with Gasteiger partial charge in [0.2, 0.25) is 5.91 Å². The van der Waals surface area contributed by atoms with Gasteiger partial charge < -0.3 is 11.1 Å². The van der Waals surface area contributed by atoms with E-state index in [1.165, 1.54) is 18.2 Å². The van der Waals surface area contributed by atoms with E-state index in [1.54, 1.807) is 0 Å². The summed E-state index contributed by atoms with van der Waals surface area (Å²) in [5, 5.41) is 22.4. The highest BCUT2D eigenvalue weighted by molar-refractivity contribution is 5.73. The molecule has 18 heavy (non-hydrogen) atoms. The maximum atomic E-state index is 10.5. The maximum Gasteiger partial charge on any atom is 0.270 e. The van der Waals surface area contributed by atoms with Gasteiger partial charge in [0.15, 0.2) is 0 Å². The number of primary amides is 1. The number of hydrogen-bond acceptors (Lipinski definition) is 5. The third-order valence-corrected chi connectivity index (χ3v) is 2.25. The van der Waals surface area contributed by atoms with Crippen molar-refractivity contribution >= 4 is 17.3 Å². The number of anilines is 1. The van der Waals surface area contributed by atoms with Gasteiger partial charge in [0.25, 0.3) is 5.69 Å². The Morgan fingerprint density at radius 1 is 1.56 bits per heavy atom. The molecule has 0 aliphatic carbocycles. The highest BCUT2D eigenvalue weighted by Crippen LogP contribution is 2.21. The highest BCUT2D eigenvalue weighted by Gasteiger charge is 2.10. The molecule has 0 fully saturated rings. The second kappa shape index (κ2) is 6.20. The monoisotopic (exact) mass is 248 g/mol. The zero-order chi connectivity index (χ0) is 13.5. The molecule has 94 valence electrons. The summed E-state index contributed by atoms with van der Waals surface area (Å²) in [7, 11) is 0. The van der Waals surface area contributed by atoms with Crippen LogP contribution in [0.1, 0.15) is 18.4 Å². The third-order valence-electron chi connectivity index (χ3n) is 2.25. The van der Waals surface area contributed by atoms with Gasteiger partial charge in [0.1, 0.15) is 6.07 Å². The van der Waals surface area contributed by atoms with Gasteiger partial charge in [-0.1, -0.05) is 0 Å². The van der Waals surface area contributed by atoms with Crippen molar-refractivity contribution in [3.05, 3.63) is 33.9 Å². The zero-order valence-electron chi connectivity index (χ0n) is 9.55. The van der Waals surface area contributed by atoms with E-state index in [-0.39, 0.29) is 23.6 Å². The molecular weight excluding hydrogens is 236 g/mol. The lowest BCUT2D eigenvalue weighted by atomic mass is 10.1. The first-order valence-electron chi connectivity index (χ1n) is 5.25. The fourth-order valence-electron chi connectivity index (χ4n) is 1.38. The molecule has 0 saturated carbocycles. The summed E-state index contributed by atoms with van der Waals surface area (Å²) in [6.45, 7) is 0.468. The maximum absolute atomic E-state index is 10.5. The Morgan fingerprint density at radius 3 is 2.83 bits per heavy atom. The lowest BCUT2D eigenvalue weighted by Gasteiger charge is -2.07. The van der Waals surface area contributed by atoms with E-state index >= 15 is 0 Å². The molecule has 0 saturated heterocycles. The van der Waals surface area contributed by atoms with E-state index < -0.39 is 4.92 Å². The summed E-state index contributed by atoms with van der Waals surface area (Å²) in [4.78, 5) is 20.5. The molecule has 0 spiro atoms. The Bertz CT molecular complexity index is 508. The Morgan fingerprint density at radius 2 is 2.28 bits per heavy atom. The van der Waals surface area contributed by atoms with Gasteiger partial charge >= 0.3 is 0 Å². The molecule has 7 nitrogen and oxygen atoms in total. The number of nitriles is 1. The highest BCUT2D eigenvalue weighted by atomic mass is 16.6. The summed E-state index contributed by atoms with van der Waals surface area (Å²) in [5.41, 5.74) is 5.56. The van der Waals surface area contributed by atoms with Crippen LogP contribution in [-0.4, -0.2) is 17.4 Å². The van der Waals surface area contributed by atoms with Gasteiger partial charge in [0, 0.05) is 25.1 Å². The Hall–Kier alpha value is -2.62. The van der Waals surface area contributed by atoms with Crippen LogP contribution < -0.4 is 11.1 Å². The SMILES string of the molecule is N#Cc1cc([N+](=O)[O-])ccc1NCCCC(N)=O. The number of non-ortho nitro benzene ring substituents is 1. The van der Waals surface area contributed by atoms with Gasteiger partial charge in [-0.15, -0.1) is 0 Å². The standard InChI is InChI=1S/C11H12N4O3/c12-7-8-6-9(15(17)18)3-4-10(8)14-5-1-2-11(13)16/h3-4,6,14H,1-2,5H2,(H2,13,16). The van der Waals surface area contributed by atoms with Crippen LogP contribution in [0.25, 0.3) is 0 Å². The van der Waals surface area contributed by atoms with E-state index in [4.69, 9.17) is 11.0 Å². The predicted octanol–water partition coefficient (Wildman–Crippen LogP) is 1.14. The number of carbonyl (C=O) groups excluding carboxylic acids is 1. The van der Waals surface area contributed by atoms with Crippen LogP contribution in [0.4, 0.5) is 11.4 Å². The van der Waals surface area contributed by atoms with Gasteiger partial charge in [-0.3, -0.25) is 14.9 Å². The molecule has 1 rings (SSSR count). The van der Waals surface area contributed by atoms with Crippen molar-refractivity contribution in [2.24, 2.45) is 5.73 Å². The Balaban J connectivity index is 2.69. The first-order valence-corrected chi connectivity index (χ1v) is 5.25. The molecular formula is C11H12N4O3. The van der Waals surface area contributed by atoms with Gasteiger partial charge in [0.05, 0.1) is 16.2 Å². The quantitative estimate of drug-likeness (QED) is 0.444.